The topological polar surface area (TPSA) is 109 Å². The van der Waals surface area contributed by atoms with Gasteiger partial charge in [-0.1, -0.05) is 17.7 Å². The lowest BCUT2D eigenvalue weighted by atomic mass is 10.2. The normalized spacial score (nSPS) is 8.65. The number of anilines is 1. The average Bonchev–Trinajstić information content (AvgIpc) is 2.31. The fourth-order valence-electron chi connectivity index (χ4n) is 1.00. The Balaban J connectivity index is 3.16. The molecule has 0 aliphatic heterocycles. The first-order valence-corrected chi connectivity index (χ1v) is 4.63. The number of nitrogens with zero attached hydrogens (tertiary/aromatic N) is 3. The number of rotatable bonds is 3. The maximum atomic E-state index is 10.9. The monoisotopic (exact) mass is 248 g/mol. The molecule has 0 aromatic heterocycles. The van der Waals surface area contributed by atoms with Crippen molar-refractivity contribution >= 4 is 29.0 Å². The zero-order chi connectivity index (χ0) is 12.8. The molecule has 0 radical (unpaired) electrons. The maximum absolute atomic E-state index is 10.9. The molecule has 0 bridgehead atoms. The zero-order valence-corrected chi connectivity index (χ0v) is 9.06. The van der Waals surface area contributed by atoms with Gasteiger partial charge in [-0.3, -0.25) is 5.43 Å². The Labute approximate surface area is 101 Å². The number of carboxylic acid groups (broad SMARTS) is 1. The molecule has 0 heterocycles. The van der Waals surface area contributed by atoms with E-state index in [1.54, 1.807) is 0 Å². The van der Waals surface area contributed by atoms with E-state index in [0.717, 1.165) is 0 Å². The Morgan fingerprint density at radius 1 is 1.41 bits per heavy atom. The van der Waals surface area contributed by atoms with Crippen LogP contribution in [-0.2, 0) is 0 Å². The lowest BCUT2D eigenvalue weighted by Gasteiger charge is -2.06. The summed E-state index contributed by atoms with van der Waals surface area (Å²) in [6.45, 7) is 0. The summed E-state index contributed by atoms with van der Waals surface area (Å²) in [6, 6.07) is 7.31. The third-order valence-corrected chi connectivity index (χ3v) is 2.05. The smallest absolute Gasteiger partial charge is 0.337 e. The van der Waals surface area contributed by atoms with Crippen molar-refractivity contribution in [1.29, 1.82) is 10.5 Å². The molecule has 0 amide bonds. The van der Waals surface area contributed by atoms with Gasteiger partial charge in [-0.25, -0.2) is 4.79 Å². The molecule has 2 N–H and O–H groups in total. The largest absolute Gasteiger partial charge is 0.478 e. The number of hydrazone groups is 1. The molecule has 1 rings (SSSR count). The van der Waals surface area contributed by atoms with Crippen LogP contribution in [0.3, 0.4) is 0 Å². The molecule has 0 saturated heterocycles. The van der Waals surface area contributed by atoms with Crippen molar-refractivity contribution in [2.24, 2.45) is 5.10 Å². The lowest BCUT2D eigenvalue weighted by molar-refractivity contribution is 0.0698. The number of halogens is 1. The lowest BCUT2D eigenvalue weighted by Crippen LogP contribution is -2.04. The summed E-state index contributed by atoms with van der Waals surface area (Å²) in [6.07, 6.45) is 0. The number of nitrogens with one attached hydrogen (secondary N) is 1. The van der Waals surface area contributed by atoms with Crippen LogP contribution in [0.5, 0.6) is 0 Å². The van der Waals surface area contributed by atoms with Crippen molar-refractivity contribution in [2.75, 3.05) is 5.43 Å². The standard InChI is InChI=1S/C10H5ClN4O2/c11-8-3-1-2-7(10(16)17)9(8)15-14-6(4-12)5-13/h1-3,15H,(H,16,17). The second-order valence-corrected chi connectivity index (χ2v) is 3.17. The predicted molar refractivity (Wildman–Crippen MR) is 60.7 cm³/mol. The van der Waals surface area contributed by atoms with Gasteiger partial charge in [0.2, 0.25) is 5.71 Å². The molecular formula is C10H5ClN4O2. The quantitative estimate of drug-likeness (QED) is 0.627. The summed E-state index contributed by atoms with van der Waals surface area (Å²) < 4.78 is 0. The van der Waals surface area contributed by atoms with E-state index in [1.807, 2.05) is 0 Å². The highest BCUT2D eigenvalue weighted by Gasteiger charge is 2.12. The van der Waals surface area contributed by atoms with Crippen LogP contribution in [0.4, 0.5) is 5.69 Å². The van der Waals surface area contributed by atoms with Crippen LogP contribution < -0.4 is 5.43 Å². The van der Waals surface area contributed by atoms with Gasteiger partial charge in [0.1, 0.15) is 12.1 Å². The van der Waals surface area contributed by atoms with Crippen molar-refractivity contribution in [1.82, 2.24) is 0 Å². The van der Waals surface area contributed by atoms with Crippen LogP contribution in [0.2, 0.25) is 5.02 Å². The number of hydrogen-bond donors (Lipinski definition) is 2. The highest BCUT2D eigenvalue weighted by Crippen LogP contribution is 2.25. The molecule has 1 aromatic rings. The van der Waals surface area contributed by atoms with Gasteiger partial charge in [-0.05, 0) is 12.1 Å². The third-order valence-electron chi connectivity index (χ3n) is 1.74. The molecule has 0 saturated carbocycles. The van der Waals surface area contributed by atoms with E-state index in [0.29, 0.717) is 0 Å². The highest BCUT2D eigenvalue weighted by molar-refractivity contribution is 6.34. The summed E-state index contributed by atoms with van der Waals surface area (Å²) in [4.78, 5) is 10.9. The van der Waals surface area contributed by atoms with Crippen molar-refractivity contribution < 1.29 is 9.90 Å². The maximum Gasteiger partial charge on any atom is 0.337 e. The van der Waals surface area contributed by atoms with Gasteiger partial charge in [0.15, 0.2) is 0 Å². The van der Waals surface area contributed by atoms with E-state index in [2.05, 4.69) is 10.5 Å². The molecule has 0 aliphatic carbocycles. The van der Waals surface area contributed by atoms with Crippen LogP contribution >= 0.6 is 11.6 Å². The first-order chi connectivity index (χ1) is 8.10. The number of nitriles is 2. The van der Waals surface area contributed by atoms with E-state index in [-0.39, 0.29) is 16.3 Å². The average molecular weight is 249 g/mol. The third kappa shape index (κ3) is 2.94. The minimum Gasteiger partial charge on any atom is -0.478 e. The Hall–Kier alpha value is -2.57. The van der Waals surface area contributed by atoms with Crippen molar-refractivity contribution in [3.05, 3.63) is 28.8 Å². The van der Waals surface area contributed by atoms with Crippen molar-refractivity contribution in [2.45, 2.75) is 0 Å². The number of benzene rings is 1. The summed E-state index contributed by atoms with van der Waals surface area (Å²) in [7, 11) is 0. The van der Waals surface area contributed by atoms with E-state index in [4.69, 9.17) is 27.2 Å². The Kier molecular flexibility index (Phi) is 4.04. The van der Waals surface area contributed by atoms with Crippen LogP contribution in [0, 0.1) is 22.7 Å². The first kappa shape index (κ1) is 12.5. The Morgan fingerprint density at radius 3 is 2.59 bits per heavy atom. The summed E-state index contributed by atoms with van der Waals surface area (Å²) in [5.74, 6) is -1.19. The summed E-state index contributed by atoms with van der Waals surface area (Å²) in [5.41, 5.74) is 1.80. The van der Waals surface area contributed by atoms with Crippen LogP contribution in [0.25, 0.3) is 0 Å². The second-order valence-electron chi connectivity index (χ2n) is 2.76. The predicted octanol–water partition coefficient (Wildman–Crippen LogP) is 1.85. The zero-order valence-electron chi connectivity index (χ0n) is 8.31. The molecule has 7 heteroatoms. The van der Waals surface area contributed by atoms with Gasteiger partial charge in [0, 0.05) is 0 Å². The van der Waals surface area contributed by atoms with E-state index < -0.39 is 11.7 Å². The van der Waals surface area contributed by atoms with Gasteiger partial charge < -0.3 is 5.11 Å². The summed E-state index contributed by atoms with van der Waals surface area (Å²) in [5, 5.41) is 29.4. The fourth-order valence-corrected chi connectivity index (χ4v) is 1.22. The van der Waals surface area contributed by atoms with Crippen molar-refractivity contribution in [3.63, 3.8) is 0 Å². The molecule has 1 aromatic carbocycles. The van der Waals surface area contributed by atoms with E-state index in [1.165, 1.54) is 30.3 Å². The molecule has 6 nitrogen and oxygen atoms in total. The number of carbonyl (C=O) groups is 1. The SMILES string of the molecule is N#CC(C#N)=NNc1c(Cl)cccc1C(=O)O. The van der Waals surface area contributed by atoms with E-state index in [9.17, 15) is 4.79 Å². The molecule has 84 valence electrons. The molecule has 0 fully saturated rings. The molecular weight excluding hydrogens is 244 g/mol. The van der Waals surface area contributed by atoms with Crippen LogP contribution in [0.1, 0.15) is 10.4 Å². The van der Waals surface area contributed by atoms with Gasteiger partial charge in [-0.15, -0.1) is 0 Å². The molecule has 0 atom stereocenters. The molecule has 0 unspecified atom stereocenters. The fraction of sp³-hybridized carbons (Fsp3) is 0. The number of hydrogen-bond acceptors (Lipinski definition) is 5. The molecule has 17 heavy (non-hydrogen) atoms. The first-order valence-electron chi connectivity index (χ1n) is 4.26. The van der Waals surface area contributed by atoms with Crippen LogP contribution in [0.15, 0.2) is 23.3 Å². The van der Waals surface area contributed by atoms with Gasteiger partial charge in [-0.2, -0.15) is 15.6 Å². The minimum atomic E-state index is -1.19. The number of aromatic carboxylic acids is 1. The molecule has 0 aliphatic rings. The highest BCUT2D eigenvalue weighted by atomic mass is 35.5. The van der Waals surface area contributed by atoms with Gasteiger partial charge >= 0.3 is 5.97 Å². The van der Waals surface area contributed by atoms with Gasteiger partial charge in [0.25, 0.3) is 0 Å². The Morgan fingerprint density at radius 2 is 2.06 bits per heavy atom. The minimum absolute atomic E-state index is 0.0321. The second kappa shape index (κ2) is 5.50. The van der Waals surface area contributed by atoms with Crippen LogP contribution in [-0.4, -0.2) is 16.8 Å². The molecule has 0 spiro atoms. The Bertz CT molecular complexity index is 553. The number of para-hydroxylation sites is 1. The van der Waals surface area contributed by atoms with Crippen molar-refractivity contribution in [3.8, 4) is 12.1 Å². The van der Waals surface area contributed by atoms with E-state index >= 15 is 0 Å². The van der Waals surface area contributed by atoms with Gasteiger partial charge in [0.05, 0.1) is 16.3 Å². The summed E-state index contributed by atoms with van der Waals surface area (Å²) >= 11 is 5.78. The number of carboxylic acids is 1.